The van der Waals surface area contributed by atoms with Crippen LogP contribution < -0.4 is 0 Å². The van der Waals surface area contributed by atoms with Gasteiger partial charge in [0.05, 0.1) is 0 Å². The van der Waals surface area contributed by atoms with Crippen molar-refractivity contribution in [2.24, 2.45) is 11.8 Å². The van der Waals surface area contributed by atoms with Crippen molar-refractivity contribution < 1.29 is 4.39 Å². The quantitative estimate of drug-likeness (QED) is 0.314. The molecule has 0 saturated heterocycles. The van der Waals surface area contributed by atoms with E-state index in [-0.39, 0.29) is 5.83 Å². The topological polar surface area (TPSA) is 0 Å². The highest BCUT2D eigenvalue weighted by Crippen LogP contribution is 2.27. The maximum Gasteiger partial charge on any atom is 0.122 e. The second kappa shape index (κ2) is 13.8. The van der Waals surface area contributed by atoms with Gasteiger partial charge in [-0.15, -0.1) is 0 Å². The minimum absolute atomic E-state index is 0.0652. The first-order valence-corrected chi connectivity index (χ1v) is 10.4. The molecule has 0 heterocycles. The Balaban J connectivity index is 0.00000301. The summed E-state index contributed by atoms with van der Waals surface area (Å²) in [5.74, 6) is 1.27. The molecule has 0 fully saturated rings. The van der Waals surface area contributed by atoms with Crippen molar-refractivity contribution in [2.75, 3.05) is 0 Å². The largest absolute Gasteiger partial charge is 0.207 e. The SMILES string of the molecule is CC.CC\C(C)=C/C=C(C)/C(C)=C/C(F)=C(\C)CCC1C=CC(C)CC1. The standard InChI is InChI=1S/C23H35F.C2H6/c1-7-17(2)8-11-19(4)21(6)16-23(24)20(5)12-15-22-13-9-18(3)10-14-22;1-2/h8-9,11,13,16,18,22H,7,10,12,14-15H2,1-6H3;1-2H3/b17-8-,19-11+,21-16+,23-20-;. The summed E-state index contributed by atoms with van der Waals surface area (Å²) in [5, 5.41) is 0. The Kier molecular flexibility index (Phi) is 13.1. The van der Waals surface area contributed by atoms with Crippen molar-refractivity contribution >= 4 is 0 Å². The predicted molar refractivity (Wildman–Crippen MR) is 117 cm³/mol. The Morgan fingerprint density at radius 3 is 2.19 bits per heavy atom. The summed E-state index contributed by atoms with van der Waals surface area (Å²) < 4.78 is 14.4. The summed E-state index contributed by atoms with van der Waals surface area (Å²) in [7, 11) is 0. The smallest absolute Gasteiger partial charge is 0.122 e. The van der Waals surface area contributed by atoms with E-state index < -0.39 is 0 Å². The van der Waals surface area contributed by atoms with Gasteiger partial charge < -0.3 is 0 Å². The molecule has 0 aromatic rings. The van der Waals surface area contributed by atoms with Gasteiger partial charge >= 0.3 is 0 Å². The van der Waals surface area contributed by atoms with Crippen molar-refractivity contribution in [2.45, 2.75) is 87.5 Å². The lowest BCUT2D eigenvalue weighted by Crippen LogP contribution is -2.06. The Morgan fingerprint density at radius 2 is 1.65 bits per heavy atom. The van der Waals surface area contributed by atoms with E-state index in [9.17, 15) is 4.39 Å². The van der Waals surface area contributed by atoms with Crippen LogP contribution in [0.1, 0.15) is 87.5 Å². The molecule has 0 aliphatic heterocycles. The van der Waals surface area contributed by atoms with Crippen LogP contribution in [0, 0.1) is 11.8 Å². The average molecular weight is 361 g/mol. The molecule has 148 valence electrons. The zero-order valence-corrected chi connectivity index (χ0v) is 18.5. The molecule has 2 atom stereocenters. The summed E-state index contributed by atoms with van der Waals surface area (Å²) in [6.45, 7) is 16.5. The molecule has 0 nitrogen and oxygen atoms in total. The molecular formula is C25H41F. The van der Waals surface area contributed by atoms with Crippen molar-refractivity contribution in [1.82, 2.24) is 0 Å². The van der Waals surface area contributed by atoms with Crippen LogP contribution >= 0.6 is 0 Å². The molecule has 0 amide bonds. The first kappa shape index (κ1) is 24.6. The number of allylic oxidation sites excluding steroid dienone is 10. The van der Waals surface area contributed by atoms with E-state index in [0.29, 0.717) is 11.8 Å². The molecule has 1 aliphatic carbocycles. The second-order valence-electron chi connectivity index (χ2n) is 7.41. The van der Waals surface area contributed by atoms with Gasteiger partial charge in [0.1, 0.15) is 5.83 Å². The first-order chi connectivity index (χ1) is 12.3. The molecule has 1 rings (SSSR count). The first-order valence-electron chi connectivity index (χ1n) is 10.4. The fraction of sp³-hybridized carbons (Fsp3) is 0.600. The lowest BCUT2D eigenvalue weighted by molar-refractivity contribution is 0.451. The van der Waals surface area contributed by atoms with Gasteiger partial charge in [0, 0.05) is 0 Å². The van der Waals surface area contributed by atoms with Gasteiger partial charge in [0.25, 0.3) is 0 Å². The third kappa shape index (κ3) is 9.94. The van der Waals surface area contributed by atoms with Crippen molar-refractivity contribution in [3.05, 3.63) is 58.5 Å². The van der Waals surface area contributed by atoms with Gasteiger partial charge in [-0.2, -0.15) is 0 Å². The number of rotatable bonds is 7. The average Bonchev–Trinajstić information content (AvgIpc) is 2.66. The van der Waals surface area contributed by atoms with Crippen LogP contribution in [0.3, 0.4) is 0 Å². The van der Waals surface area contributed by atoms with Gasteiger partial charge in [0.2, 0.25) is 0 Å². The van der Waals surface area contributed by atoms with Gasteiger partial charge in [-0.05, 0) is 94.4 Å². The van der Waals surface area contributed by atoms with Crippen LogP contribution in [0.2, 0.25) is 0 Å². The summed E-state index contributed by atoms with van der Waals surface area (Å²) in [5.41, 5.74) is 4.33. The zero-order valence-electron chi connectivity index (χ0n) is 18.5. The summed E-state index contributed by atoms with van der Waals surface area (Å²) in [4.78, 5) is 0. The van der Waals surface area contributed by atoms with Crippen LogP contribution in [0.4, 0.5) is 4.39 Å². The molecule has 0 spiro atoms. The second-order valence-corrected chi connectivity index (χ2v) is 7.41. The third-order valence-corrected chi connectivity index (χ3v) is 5.14. The fourth-order valence-corrected chi connectivity index (χ4v) is 2.72. The van der Waals surface area contributed by atoms with Crippen LogP contribution in [0.15, 0.2) is 58.5 Å². The van der Waals surface area contributed by atoms with Crippen LogP contribution in [0.25, 0.3) is 0 Å². The molecule has 0 N–H and O–H groups in total. The Morgan fingerprint density at radius 1 is 1.00 bits per heavy atom. The van der Waals surface area contributed by atoms with E-state index >= 15 is 0 Å². The highest BCUT2D eigenvalue weighted by molar-refractivity contribution is 5.36. The van der Waals surface area contributed by atoms with Crippen LogP contribution in [-0.4, -0.2) is 0 Å². The Hall–Kier alpha value is -1.37. The number of hydrogen-bond donors (Lipinski definition) is 0. The van der Waals surface area contributed by atoms with Crippen molar-refractivity contribution in [3.8, 4) is 0 Å². The molecule has 0 saturated carbocycles. The van der Waals surface area contributed by atoms with Crippen LogP contribution in [-0.2, 0) is 0 Å². The number of halogens is 1. The monoisotopic (exact) mass is 360 g/mol. The van der Waals surface area contributed by atoms with E-state index in [1.54, 1.807) is 6.08 Å². The Bertz CT molecular complexity index is 555. The molecule has 1 heteroatoms. The fourth-order valence-electron chi connectivity index (χ4n) is 2.72. The molecule has 1 aliphatic rings. The van der Waals surface area contributed by atoms with Crippen molar-refractivity contribution in [3.63, 3.8) is 0 Å². The molecular weight excluding hydrogens is 319 g/mol. The maximum absolute atomic E-state index is 14.4. The predicted octanol–water partition coefficient (Wildman–Crippen LogP) is 8.89. The lowest BCUT2D eigenvalue weighted by atomic mass is 9.86. The molecule has 0 aromatic heterocycles. The summed E-state index contributed by atoms with van der Waals surface area (Å²) in [6.07, 6.45) is 16.0. The molecule has 0 aromatic carbocycles. The third-order valence-electron chi connectivity index (χ3n) is 5.14. The van der Waals surface area contributed by atoms with Gasteiger partial charge in [0.15, 0.2) is 0 Å². The molecule has 0 radical (unpaired) electrons. The summed E-state index contributed by atoms with van der Waals surface area (Å²) in [6, 6.07) is 0. The Labute approximate surface area is 162 Å². The van der Waals surface area contributed by atoms with E-state index in [4.69, 9.17) is 0 Å². The van der Waals surface area contributed by atoms with Crippen molar-refractivity contribution in [1.29, 1.82) is 0 Å². The van der Waals surface area contributed by atoms with E-state index in [1.165, 1.54) is 18.4 Å². The normalized spacial score (nSPS) is 22.6. The molecule has 0 bridgehead atoms. The highest BCUT2D eigenvalue weighted by Gasteiger charge is 2.13. The van der Waals surface area contributed by atoms with E-state index in [0.717, 1.165) is 36.0 Å². The van der Waals surface area contributed by atoms with Crippen LogP contribution in [0.5, 0.6) is 0 Å². The number of hydrogen-bond acceptors (Lipinski definition) is 0. The minimum atomic E-state index is -0.0652. The zero-order chi connectivity index (χ0) is 20.1. The molecule has 2 unspecified atom stereocenters. The van der Waals surface area contributed by atoms with E-state index in [2.05, 4.69) is 45.1 Å². The summed E-state index contributed by atoms with van der Waals surface area (Å²) >= 11 is 0. The van der Waals surface area contributed by atoms with E-state index in [1.807, 2.05) is 34.6 Å². The lowest BCUT2D eigenvalue weighted by Gasteiger charge is -2.20. The van der Waals surface area contributed by atoms with Gasteiger partial charge in [-0.3, -0.25) is 0 Å². The van der Waals surface area contributed by atoms with Gasteiger partial charge in [-0.25, -0.2) is 4.39 Å². The van der Waals surface area contributed by atoms with Gasteiger partial charge in [-0.1, -0.05) is 57.6 Å². The maximum atomic E-state index is 14.4. The highest BCUT2D eigenvalue weighted by atomic mass is 19.1. The minimum Gasteiger partial charge on any atom is -0.207 e. The molecule has 26 heavy (non-hydrogen) atoms.